The lowest BCUT2D eigenvalue weighted by Crippen LogP contribution is -2.02. The van der Waals surface area contributed by atoms with Gasteiger partial charge in [-0.15, -0.1) is 0 Å². The maximum atomic E-state index is 6.28. The van der Waals surface area contributed by atoms with E-state index < -0.39 is 0 Å². The zero-order valence-electron chi connectivity index (χ0n) is 14.0. The van der Waals surface area contributed by atoms with E-state index in [1.54, 1.807) is 12.4 Å². The van der Waals surface area contributed by atoms with Gasteiger partial charge in [-0.2, -0.15) is 0 Å². The lowest BCUT2D eigenvalue weighted by atomic mass is 9.90. The second-order valence-electron chi connectivity index (χ2n) is 6.39. The van der Waals surface area contributed by atoms with Crippen LogP contribution in [-0.4, -0.2) is 9.97 Å². The third-order valence-electron chi connectivity index (χ3n) is 4.65. The van der Waals surface area contributed by atoms with Gasteiger partial charge in [-0.1, -0.05) is 48.0 Å². The van der Waals surface area contributed by atoms with Crippen molar-refractivity contribution in [1.29, 1.82) is 0 Å². The van der Waals surface area contributed by atoms with E-state index >= 15 is 0 Å². The second kappa shape index (κ2) is 7.20. The van der Waals surface area contributed by atoms with Gasteiger partial charge in [0.2, 0.25) is 0 Å². The zero-order chi connectivity index (χ0) is 17.1. The van der Waals surface area contributed by atoms with Crippen molar-refractivity contribution in [2.75, 3.05) is 0 Å². The van der Waals surface area contributed by atoms with Crippen molar-refractivity contribution in [3.05, 3.63) is 82.3 Å². The van der Waals surface area contributed by atoms with Crippen molar-refractivity contribution in [3.8, 4) is 11.3 Å². The Kier molecular flexibility index (Phi) is 4.62. The summed E-state index contributed by atoms with van der Waals surface area (Å²) in [6, 6.07) is 14.6. The summed E-state index contributed by atoms with van der Waals surface area (Å²) in [5.74, 6) is 0. The van der Waals surface area contributed by atoms with Crippen molar-refractivity contribution >= 4 is 23.8 Å². The Hall–Kier alpha value is -2.45. The monoisotopic (exact) mass is 346 g/mol. The summed E-state index contributed by atoms with van der Waals surface area (Å²) in [6.45, 7) is 0. The Balaban J connectivity index is 1.63. The molecule has 2 aromatic heterocycles. The van der Waals surface area contributed by atoms with E-state index in [0.29, 0.717) is 5.15 Å². The molecule has 2 heterocycles. The van der Waals surface area contributed by atoms with Gasteiger partial charge in [0.25, 0.3) is 0 Å². The Labute approximate surface area is 153 Å². The number of halogens is 1. The molecule has 4 rings (SSSR count). The molecule has 0 unspecified atom stereocenters. The normalized spacial score (nSPS) is 13.8. The number of hydrogen-bond acceptors (Lipinski definition) is 2. The number of aryl methyl sites for hydroxylation is 2. The molecule has 0 radical (unpaired) electrons. The summed E-state index contributed by atoms with van der Waals surface area (Å²) in [6.07, 6.45) is 12.7. The van der Waals surface area contributed by atoms with Crippen LogP contribution in [0, 0.1) is 0 Å². The molecule has 2 nitrogen and oxygen atoms in total. The van der Waals surface area contributed by atoms with Crippen molar-refractivity contribution < 1.29 is 0 Å². The molecule has 0 atom stereocenters. The van der Waals surface area contributed by atoms with Crippen LogP contribution in [0.25, 0.3) is 23.4 Å². The number of fused-ring (bicyclic) bond motifs is 1. The van der Waals surface area contributed by atoms with Gasteiger partial charge >= 0.3 is 0 Å². The first kappa shape index (κ1) is 16.0. The molecule has 3 aromatic rings. The molecule has 0 saturated heterocycles. The van der Waals surface area contributed by atoms with Crippen LogP contribution in [0.15, 0.2) is 54.9 Å². The maximum absolute atomic E-state index is 6.28. The fourth-order valence-corrected chi connectivity index (χ4v) is 3.46. The topological polar surface area (TPSA) is 25.8 Å². The van der Waals surface area contributed by atoms with Crippen LogP contribution in [0.2, 0.25) is 5.15 Å². The van der Waals surface area contributed by atoms with Crippen LogP contribution in [-0.2, 0) is 12.8 Å². The molecule has 1 aromatic carbocycles. The van der Waals surface area contributed by atoms with E-state index in [0.717, 1.165) is 16.8 Å². The van der Waals surface area contributed by atoms with E-state index in [1.165, 1.54) is 42.4 Å². The molecule has 3 heteroatoms. The summed E-state index contributed by atoms with van der Waals surface area (Å²) >= 11 is 6.28. The third kappa shape index (κ3) is 3.64. The number of aromatic nitrogens is 2. The molecule has 1 aliphatic rings. The van der Waals surface area contributed by atoms with E-state index in [9.17, 15) is 0 Å². The van der Waals surface area contributed by atoms with Crippen LogP contribution in [0.4, 0.5) is 0 Å². The minimum atomic E-state index is 0.508. The molecule has 0 amide bonds. The molecule has 124 valence electrons. The number of pyridine rings is 2. The smallest absolute Gasteiger partial charge is 0.136 e. The van der Waals surface area contributed by atoms with Crippen LogP contribution in [0.1, 0.15) is 35.1 Å². The van der Waals surface area contributed by atoms with Crippen LogP contribution >= 0.6 is 11.6 Å². The van der Waals surface area contributed by atoms with Crippen LogP contribution in [0.3, 0.4) is 0 Å². The fraction of sp³-hybridized carbons (Fsp3) is 0.182. The predicted octanol–water partition coefficient (Wildman–Crippen LogP) is 5.85. The third-order valence-corrected chi connectivity index (χ3v) is 4.97. The first-order valence-corrected chi connectivity index (χ1v) is 9.04. The minimum Gasteiger partial charge on any atom is -0.256 e. The van der Waals surface area contributed by atoms with Crippen LogP contribution in [0.5, 0.6) is 0 Å². The lowest BCUT2D eigenvalue weighted by Gasteiger charge is -2.15. The summed E-state index contributed by atoms with van der Waals surface area (Å²) < 4.78 is 0. The van der Waals surface area contributed by atoms with Crippen LogP contribution < -0.4 is 0 Å². The van der Waals surface area contributed by atoms with Crippen molar-refractivity contribution in [2.45, 2.75) is 25.7 Å². The number of hydrogen-bond donors (Lipinski definition) is 0. The zero-order valence-corrected chi connectivity index (χ0v) is 14.7. The number of rotatable bonds is 3. The van der Waals surface area contributed by atoms with Gasteiger partial charge in [0, 0.05) is 23.5 Å². The summed E-state index contributed by atoms with van der Waals surface area (Å²) in [5, 5.41) is 0.508. The van der Waals surface area contributed by atoms with E-state index in [4.69, 9.17) is 11.6 Å². The Morgan fingerprint density at radius 1 is 0.880 bits per heavy atom. The lowest BCUT2D eigenvalue weighted by molar-refractivity contribution is 0.685. The predicted molar refractivity (Wildman–Crippen MR) is 104 cm³/mol. The molecule has 0 bridgehead atoms. The summed E-state index contributed by atoms with van der Waals surface area (Å²) in [4.78, 5) is 8.69. The SMILES string of the molecule is Clc1ncc(-c2ccccn2)cc1/C=C/c1ccc2c(c1)CCCC2. The molecule has 0 saturated carbocycles. The largest absolute Gasteiger partial charge is 0.256 e. The van der Waals surface area contributed by atoms with E-state index in [1.807, 2.05) is 30.3 Å². The first-order chi connectivity index (χ1) is 12.3. The van der Waals surface area contributed by atoms with Crippen molar-refractivity contribution in [2.24, 2.45) is 0 Å². The highest BCUT2D eigenvalue weighted by molar-refractivity contribution is 6.31. The van der Waals surface area contributed by atoms with Gasteiger partial charge in [-0.05, 0) is 60.6 Å². The van der Waals surface area contributed by atoms with Gasteiger partial charge in [0.05, 0.1) is 5.69 Å². The highest BCUT2D eigenvalue weighted by Crippen LogP contribution is 2.25. The van der Waals surface area contributed by atoms with E-state index in [-0.39, 0.29) is 0 Å². The Bertz CT molecular complexity index is 917. The standard InChI is InChI=1S/C22H19ClN2/c23-22-19(14-20(15-25-22)21-7-3-4-12-24-21)11-9-16-8-10-17-5-1-2-6-18(17)13-16/h3-4,7-15H,1-2,5-6H2/b11-9+. The average Bonchev–Trinajstić information content (AvgIpc) is 2.68. The van der Waals surface area contributed by atoms with E-state index in [2.05, 4.69) is 34.2 Å². The van der Waals surface area contributed by atoms with Gasteiger partial charge in [0.1, 0.15) is 5.15 Å². The molecular formula is C22H19ClN2. The highest BCUT2D eigenvalue weighted by Gasteiger charge is 2.09. The molecular weight excluding hydrogens is 328 g/mol. The molecule has 0 aliphatic heterocycles. The van der Waals surface area contributed by atoms with Gasteiger partial charge in [-0.25, -0.2) is 4.98 Å². The number of benzene rings is 1. The molecule has 1 aliphatic carbocycles. The quantitative estimate of drug-likeness (QED) is 0.556. The summed E-state index contributed by atoms with van der Waals surface area (Å²) in [7, 11) is 0. The molecule has 0 fully saturated rings. The van der Waals surface area contributed by atoms with Gasteiger partial charge in [0.15, 0.2) is 0 Å². The molecule has 0 spiro atoms. The average molecular weight is 347 g/mol. The Morgan fingerprint density at radius 3 is 2.60 bits per heavy atom. The maximum Gasteiger partial charge on any atom is 0.136 e. The second-order valence-corrected chi connectivity index (χ2v) is 6.75. The van der Waals surface area contributed by atoms with Gasteiger partial charge in [-0.3, -0.25) is 4.98 Å². The number of nitrogens with zero attached hydrogens (tertiary/aromatic N) is 2. The van der Waals surface area contributed by atoms with Crippen molar-refractivity contribution in [3.63, 3.8) is 0 Å². The van der Waals surface area contributed by atoms with Crippen molar-refractivity contribution in [1.82, 2.24) is 9.97 Å². The molecule has 25 heavy (non-hydrogen) atoms. The summed E-state index contributed by atoms with van der Waals surface area (Å²) in [5.41, 5.74) is 6.97. The minimum absolute atomic E-state index is 0.508. The first-order valence-electron chi connectivity index (χ1n) is 8.66. The highest BCUT2D eigenvalue weighted by atomic mass is 35.5. The molecule has 0 N–H and O–H groups in total. The fourth-order valence-electron chi connectivity index (χ4n) is 3.30. The van der Waals surface area contributed by atoms with Gasteiger partial charge < -0.3 is 0 Å². The Morgan fingerprint density at radius 2 is 1.76 bits per heavy atom.